The lowest BCUT2D eigenvalue weighted by molar-refractivity contribution is 0.276. The molecule has 2 N–H and O–H groups in total. The van der Waals surface area contributed by atoms with E-state index in [-0.39, 0.29) is 24.0 Å². The molecule has 0 saturated carbocycles. The van der Waals surface area contributed by atoms with Crippen molar-refractivity contribution in [2.24, 2.45) is 7.05 Å². The van der Waals surface area contributed by atoms with Gasteiger partial charge in [0, 0.05) is 19.4 Å². The van der Waals surface area contributed by atoms with Crippen LogP contribution in [-0.4, -0.2) is 21.3 Å². The normalized spacial score (nSPS) is 12.1. The van der Waals surface area contributed by atoms with Crippen molar-refractivity contribution in [1.82, 2.24) is 9.55 Å². The fraction of sp³-hybridized carbons (Fsp3) is 0.231. The average molecular weight is 245 g/mol. The monoisotopic (exact) mass is 245 g/mol. The maximum atomic E-state index is 11.8. The number of anilines is 1. The van der Waals surface area contributed by atoms with Crippen LogP contribution in [0.25, 0.3) is 0 Å². The first-order valence-electron chi connectivity index (χ1n) is 5.66. The van der Waals surface area contributed by atoms with Gasteiger partial charge in [-0.1, -0.05) is 30.3 Å². The maximum absolute atomic E-state index is 11.8. The Morgan fingerprint density at radius 3 is 2.78 bits per heavy atom. The molecule has 0 aliphatic carbocycles. The number of nitrogens with one attached hydrogen (secondary N) is 1. The van der Waals surface area contributed by atoms with Crippen LogP contribution in [-0.2, 0) is 7.05 Å². The van der Waals surface area contributed by atoms with Gasteiger partial charge in [-0.15, -0.1) is 0 Å². The van der Waals surface area contributed by atoms with Gasteiger partial charge in [0.15, 0.2) is 5.82 Å². The number of aromatic nitrogens is 2. The molecule has 18 heavy (non-hydrogen) atoms. The summed E-state index contributed by atoms with van der Waals surface area (Å²) in [6.45, 7) is -0.107. The van der Waals surface area contributed by atoms with E-state index in [9.17, 15) is 9.90 Å². The van der Waals surface area contributed by atoms with E-state index in [4.69, 9.17) is 0 Å². The summed E-state index contributed by atoms with van der Waals surface area (Å²) in [7, 11) is 1.66. The molecule has 0 saturated heterocycles. The Morgan fingerprint density at radius 1 is 1.39 bits per heavy atom. The van der Waals surface area contributed by atoms with E-state index in [0.717, 1.165) is 5.56 Å². The van der Waals surface area contributed by atoms with Gasteiger partial charge >= 0.3 is 0 Å². The van der Waals surface area contributed by atoms with Gasteiger partial charge in [-0.25, -0.2) is 4.98 Å². The van der Waals surface area contributed by atoms with Crippen LogP contribution in [0.4, 0.5) is 5.82 Å². The first kappa shape index (κ1) is 12.3. The highest BCUT2D eigenvalue weighted by Crippen LogP contribution is 2.15. The highest BCUT2D eigenvalue weighted by molar-refractivity contribution is 5.36. The Balaban J connectivity index is 2.27. The van der Waals surface area contributed by atoms with Gasteiger partial charge in [-0.2, -0.15) is 0 Å². The number of aliphatic hydroxyl groups excluding tert-OH is 1. The third kappa shape index (κ3) is 2.57. The van der Waals surface area contributed by atoms with Crippen molar-refractivity contribution in [2.45, 2.75) is 6.04 Å². The molecular formula is C13H15N3O2. The maximum Gasteiger partial charge on any atom is 0.293 e. The molecule has 2 rings (SSSR count). The number of hydrogen-bond donors (Lipinski definition) is 2. The third-order valence-corrected chi connectivity index (χ3v) is 2.71. The van der Waals surface area contributed by atoms with Crippen LogP contribution < -0.4 is 10.9 Å². The predicted octanol–water partition coefficient (Wildman–Crippen LogP) is 0.926. The van der Waals surface area contributed by atoms with Crippen LogP contribution in [0, 0.1) is 0 Å². The fourth-order valence-electron chi connectivity index (χ4n) is 1.68. The second-order valence-corrected chi connectivity index (χ2v) is 3.98. The number of benzene rings is 1. The van der Waals surface area contributed by atoms with Gasteiger partial charge in [0.2, 0.25) is 0 Å². The summed E-state index contributed by atoms with van der Waals surface area (Å²) in [4.78, 5) is 15.8. The second-order valence-electron chi connectivity index (χ2n) is 3.98. The van der Waals surface area contributed by atoms with Crippen LogP contribution in [0.5, 0.6) is 0 Å². The summed E-state index contributed by atoms with van der Waals surface area (Å²) in [5, 5.41) is 12.4. The van der Waals surface area contributed by atoms with E-state index in [0.29, 0.717) is 0 Å². The Morgan fingerprint density at radius 2 is 2.11 bits per heavy atom. The van der Waals surface area contributed by atoms with Crippen molar-refractivity contribution in [2.75, 3.05) is 11.9 Å². The zero-order chi connectivity index (χ0) is 13.0. The highest BCUT2D eigenvalue weighted by Gasteiger charge is 2.12. The highest BCUT2D eigenvalue weighted by atomic mass is 16.3. The van der Waals surface area contributed by atoms with Crippen molar-refractivity contribution in [3.63, 3.8) is 0 Å². The molecule has 0 radical (unpaired) electrons. The molecule has 0 bridgehead atoms. The Labute approximate surface area is 105 Å². The molecule has 0 aliphatic rings. The molecule has 5 nitrogen and oxygen atoms in total. The number of hydrogen-bond acceptors (Lipinski definition) is 4. The molecule has 1 heterocycles. The van der Waals surface area contributed by atoms with Crippen molar-refractivity contribution in [3.05, 3.63) is 58.6 Å². The number of aliphatic hydroxyl groups is 1. The van der Waals surface area contributed by atoms with Crippen LogP contribution in [0.3, 0.4) is 0 Å². The fourth-order valence-corrected chi connectivity index (χ4v) is 1.68. The summed E-state index contributed by atoms with van der Waals surface area (Å²) >= 11 is 0. The van der Waals surface area contributed by atoms with Crippen LogP contribution in [0.15, 0.2) is 47.5 Å². The van der Waals surface area contributed by atoms with Crippen molar-refractivity contribution in [3.8, 4) is 0 Å². The van der Waals surface area contributed by atoms with Crippen LogP contribution >= 0.6 is 0 Å². The molecule has 1 aromatic carbocycles. The SMILES string of the molecule is Cn1ccnc(NC(CO)c2ccccc2)c1=O. The summed E-state index contributed by atoms with van der Waals surface area (Å²) in [5.74, 6) is 0.239. The van der Waals surface area contributed by atoms with Gasteiger partial charge in [-0.05, 0) is 5.56 Å². The largest absolute Gasteiger partial charge is 0.394 e. The van der Waals surface area contributed by atoms with E-state index in [1.807, 2.05) is 30.3 Å². The predicted molar refractivity (Wildman–Crippen MR) is 69.4 cm³/mol. The molecule has 0 fully saturated rings. The lowest BCUT2D eigenvalue weighted by atomic mass is 10.1. The molecule has 0 aliphatic heterocycles. The average Bonchev–Trinajstić information content (AvgIpc) is 2.41. The molecule has 2 aromatic rings. The molecule has 1 unspecified atom stereocenters. The van der Waals surface area contributed by atoms with Crippen LogP contribution in [0.2, 0.25) is 0 Å². The van der Waals surface area contributed by atoms with Gasteiger partial charge in [0.05, 0.1) is 12.6 Å². The first-order chi connectivity index (χ1) is 8.72. The summed E-state index contributed by atoms with van der Waals surface area (Å²) in [6, 6.07) is 9.11. The molecule has 0 spiro atoms. The number of rotatable bonds is 4. The Hall–Kier alpha value is -2.14. The van der Waals surface area contributed by atoms with Gasteiger partial charge in [0.25, 0.3) is 5.56 Å². The van der Waals surface area contributed by atoms with E-state index in [1.165, 1.54) is 4.57 Å². The summed E-state index contributed by atoms with van der Waals surface area (Å²) in [5.41, 5.74) is 0.694. The first-order valence-corrected chi connectivity index (χ1v) is 5.66. The van der Waals surface area contributed by atoms with E-state index < -0.39 is 0 Å². The minimum Gasteiger partial charge on any atom is -0.394 e. The Bertz CT molecular complexity index is 566. The summed E-state index contributed by atoms with van der Waals surface area (Å²) < 4.78 is 1.44. The third-order valence-electron chi connectivity index (χ3n) is 2.71. The molecule has 1 aromatic heterocycles. The molecule has 94 valence electrons. The lowest BCUT2D eigenvalue weighted by Gasteiger charge is -2.16. The van der Waals surface area contributed by atoms with Gasteiger partial charge in [0.1, 0.15) is 0 Å². The number of nitrogens with zero attached hydrogens (tertiary/aromatic N) is 2. The van der Waals surface area contributed by atoms with E-state index in [1.54, 1.807) is 19.4 Å². The standard InChI is InChI=1S/C13H15N3O2/c1-16-8-7-14-12(13(16)18)15-11(9-17)10-5-3-2-4-6-10/h2-8,11,17H,9H2,1H3,(H,14,15). The lowest BCUT2D eigenvalue weighted by Crippen LogP contribution is -2.25. The number of aryl methyl sites for hydroxylation is 1. The van der Waals surface area contributed by atoms with Gasteiger partial charge in [-0.3, -0.25) is 4.79 Å². The molecule has 5 heteroatoms. The van der Waals surface area contributed by atoms with Crippen molar-refractivity contribution < 1.29 is 5.11 Å². The molecule has 0 amide bonds. The Kier molecular flexibility index (Phi) is 3.74. The second kappa shape index (κ2) is 5.46. The minimum absolute atomic E-state index is 0.107. The topological polar surface area (TPSA) is 67.2 Å². The van der Waals surface area contributed by atoms with Crippen molar-refractivity contribution >= 4 is 5.82 Å². The zero-order valence-electron chi connectivity index (χ0n) is 10.1. The molecule has 1 atom stereocenters. The van der Waals surface area contributed by atoms with Gasteiger partial charge < -0.3 is 15.0 Å². The summed E-state index contributed by atoms with van der Waals surface area (Å²) in [6.07, 6.45) is 3.13. The van der Waals surface area contributed by atoms with E-state index >= 15 is 0 Å². The quantitative estimate of drug-likeness (QED) is 0.840. The zero-order valence-corrected chi connectivity index (χ0v) is 10.1. The van der Waals surface area contributed by atoms with Crippen LogP contribution in [0.1, 0.15) is 11.6 Å². The van der Waals surface area contributed by atoms with E-state index in [2.05, 4.69) is 10.3 Å². The molecular weight excluding hydrogens is 230 g/mol. The minimum atomic E-state index is -0.339. The smallest absolute Gasteiger partial charge is 0.293 e. The van der Waals surface area contributed by atoms with Crippen molar-refractivity contribution in [1.29, 1.82) is 0 Å².